The zero-order valence-electron chi connectivity index (χ0n) is 18.0. The van der Waals surface area contributed by atoms with E-state index in [0.717, 1.165) is 46.1 Å². The number of hydrogen-bond acceptors (Lipinski definition) is 1. The summed E-state index contributed by atoms with van der Waals surface area (Å²) in [7, 11) is 0. The van der Waals surface area contributed by atoms with Crippen LogP contribution in [0.1, 0.15) is 34.3 Å². The lowest BCUT2D eigenvalue weighted by atomic mass is 9.96. The summed E-state index contributed by atoms with van der Waals surface area (Å²) in [5.41, 5.74) is 5.84. The van der Waals surface area contributed by atoms with Gasteiger partial charge in [-0.3, -0.25) is 4.79 Å². The third-order valence-corrected chi connectivity index (χ3v) is 6.70. The lowest BCUT2D eigenvalue weighted by Gasteiger charge is -2.21. The van der Waals surface area contributed by atoms with E-state index >= 15 is 0 Å². The summed E-state index contributed by atoms with van der Waals surface area (Å²) in [6, 6.07) is 31.3. The molecule has 156 valence electrons. The standard InChI is InChI=1S/C29H24N2O/c1-19-16-22-17-26(21-9-3-2-4-10-21)30-27(22)18-24(19)28(32)31-29(14-15-29)25-13-7-11-20-8-5-6-12-23(20)25/h2-13,16-18,30H,14-15H2,1H3,(H,31,32). The number of H-pyrrole nitrogens is 1. The van der Waals surface area contributed by atoms with E-state index in [4.69, 9.17) is 0 Å². The lowest BCUT2D eigenvalue weighted by Crippen LogP contribution is -2.35. The van der Waals surface area contributed by atoms with E-state index in [2.05, 4.69) is 77.0 Å². The first-order valence-corrected chi connectivity index (χ1v) is 11.1. The molecule has 0 saturated heterocycles. The quantitative estimate of drug-likeness (QED) is 0.336. The maximum absolute atomic E-state index is 13.4. The number of fused-ring (bicyclic) bond motifs is 2. The van der Waals surface area contributed by atoms with Crippen molar-refractivity contribution in [1.82, 2.24) is 10.3 Å². The van der Waals surface area contributed by atoms with Gasteiger partial charge in [-0.2, -0.15) is 0 Å². The minimum absolute atomic E-state index is 0.00862. The highest BCUT2D eigenvalue weighted by Crippen LogP contribution is 2.48. The zero-order chi connectivity index (χ0) is 21.7. The summed E-state index contributed by atoms with van der Waals surface area (Å²) in [5.74, 6) is -0.00862. The molecule has 4 aromatic carbocycles. The molecule has 2 N–H and O–H groups in total. The molecular formula is C29H24N2O. The van der Waals surface area contributed by atoms with Crippen molar-refractivity contribution in [3.63, 3.8) is 0 Å². The summed E-state index contributed by atoms with van der Waals surface area (Å²) in [6.07, 6.45) is 1.93. The number of aromatic amines is 1. The molecule has 3 heteroatoms. The molecule has 1 aliphatic carbocycles. The van der Waals surface area contributed by atoms with Crippen molar-refractivity contribution in [2.45, 2.75) is 25.3 Å². The second kappa shape index (κ2) is 7.10. The van der Waals surface area contributed by atoms with Crippen molar-refractivity contribution in [3.8, 4) is 11.3 Å². The third kappa shape index (κ3) is 3.09. The Hall–Kier alpha value is -3.85. The fourth-order valence-corrected chi connectivity index (χ4v) is 4.83. The van der Waals surface area contributed by atoms with Crippen LogP contribution in [-0.2, 0) is 5.54 Å². The van der Waals surface area contributed by atoms with E-state index in [1.165, 1.54) is 16.3 Å². The Bertz CT molecular complexity index is 1470. The average molecular weight is 417 g/mol. The van der Waals surface area contributed by atoms with Crippen LogP contribution in [0.4, 0.5) is 0 Å². The van der Waals surface area contributed by atoms with Gasteiger partial charge in [-0.05, 0) is 65.4 Å². The van der Waals surface area contributed by atoms with Crippen LogP contribution in [0.5, 0.6) is 0 Å². The fourth-order valence-electron chi connectivity index (χ4n) is 4.83. The number of benzene rings is 4. The molecule has 32 heavy (non-hydrogen) atoms. The molecule has 6 rings (SSSR count). The van der Waals surface area contributed by atoms with Gasteiger partial charge >= 0.3 is 0 Å². The molecule has 0 atom stereocenters. The van der Waals surface area contributed by atoms with E-state index < -0.39 is 0 Å². The number of aryl methyl sites for hydroxylation is 1. The highest BCUT2D eigenvalue weighted by molar-refractivity contribution is 6.01. The lowest BCUT2D eigenvalue weighted by molar-refractivity contribution is 0.0930. The Morgan fingerprint density at radius 2 is 1.59 bits per heavy atom. The van der Waals surface area contributed by atoms with Crippen LogP contribution < -0.4 is 5.32 Å². The van der Waals surface area contributed by atoms with Crippen molar-refractivity contribution in [2.75, 3.05) is 0 Å². The van der Waals surface area contributed by atoms with Gasteiger partial charge in [0, 0.05) is 22.2 Å². The Morgan fingerprint density at radius 1 is 0.844 bits per heavy atom. The molecule has 1 saturated carbocycles. The van der Waals surface area contributed by atoms with Crippen molar-refractivity contribution >= 4 is 27.6 Å². The maximum Gasteiger partial charge on any atom is 0.252 e. The molecule has 0 bridgehead atoms. The number of aromatic nitrogens is 1. The summed E-state index contributed by atoms with van der Waals surface area (Å²) in [6.45, 7) is 2.01. The molecule has 1 amide bonds. The topological polar surface area (TPSA) is 44.9 Å². The molecule has 1 fully saturated rings. The minimum Gasteiger partial charge on any atom is -0.355 e. The van der Waals surface area contributed by atoms with Gasteiger partial charge < -0.3 is 10.3 Å². The van der Waals surface area contributed by atoms with Crippen molar-refractivity contribution in [3.05, 3.63) is 108 Å². The largest absolute Gasteiger partial charge is 0.355 e. The van der Waals surface area contributed by atoms with E-state index in [1.807, 2.05) is 31.2 Å². The molecule has 5 aromatic rings. The number of carbonyl (C=O) groups excluding carboxylic acids is 1. The number of amides is 1. The molecule has 0 aliphatic heterocycles. The van der Waals surface area contributed by atoms with E-state index in [0.29, 0.717) is 0 Å². The molecule has 1 aliphatic rings. The maximum atomic E-state index is 13.4. The Balaban J connectivity index is 1.35. The number of rotatable bonds is 4. The Morgan fingerprint density at radius 3 is 2.41 bits per heavy atom. The smallest absolute Gasteiger partial charge is 0.252 e. The SMILES string of the molecule is Cc1cc2cc(-c3ccccc3)[nH]c2cc1C(=O)NC1(c2cccc3ccccc23)CC1. The second-order valence-corrected chi connectivity index (χ2v) is 8.87. The first-order chi connectivity index (χ1) is 15.6. The summed E-state index contributed by atoms with van der Waals surface area (Å²) < 4.78 is 0. The average Bonchev–Trinajstić information content (AvgIpc) is 3.48. The molecular weight excluding hydrogens is 392 g/mol. The van der Waals surface area contributed by atoms with Gasteiger partial charge in [0.1, 0.15) is 0 Å². The predicted octanol–water partition coefficient (Wildman–Crippen LogP) is 6.72. The predicted molar refractivity (Wildman–Crippen MR) is 131 cm³/mol. The van der Waals surface area contributed by atoms with Crippen molar-refractivity contribution < 1.29 is 4.79 Å². The number of carbonyl (C=O) groups is 1. The summed E-state index contributed by atoms with van der Waals surface area (Å²) in [5, 5.41) is 6.93. The number of nitrogens with one attached hydrogen (secondary N) is 2. The van der Waals surface area contributed by atoms with Crippen LogP contribution in [0.15, 0.2) is 91.0 Å². The van der Waals surface area contributed by atoms with Crippen LogP contribution >= 0.6 is 0 Å². The Labute approximate surface area is 187 Å². The molecule has 0 spiro atoms. The molecule has 1 aromatic heterocycles. The monoisotopic (exact) mass is 416 g/mol. The van der Waals surface area contributed by atoms with Gasteiger partial charge in [0.2, 0.25) is 0 Å². The van der Waals surface area contributed by atoms with Gasteiger partial charge in [-0.25, -0.2) is 0 Å². The van der Waals surface area contributed by atoms with Crippen LogP contribution in [0.3, 0.4) is 0 Å². The van der Waals surface area contributed by atoms with Crippen molar-refractivity contribution in [1.29, 1.82) is 0 Å². The molecule has 3 nitrogen and oxygen atoms in total. The van der Waals surface area contributed by atoms with Gasteiger partial charge in [0.25, 0.3) is 5.91 Å². The van der Waals surface area contributed by atoms with Crippen LogP contribution in [0.2, 0.25) is 0 Å². The van der Waals surface area contributed by atoms with Crippen molar-refractivity contribution in [2.24, 2.45) is 0 Å². The molecule has 1 heterocycles. The van der Waals surface area contributed by atoms with Crippen LogP contribution in [0.25, 0.3) is 32.9 Å². The normalized spacial score (nSPS) is 14.5. The first-order valence-electron chi connectivity index (χ1n) is 11.1. The van der Waals surface area contributed by atoms with Crippen LogP contribution in [-0.4, -0.2) is 10.9 Å². The van der Waals surface area contributed by atoms with Gasteiger partial charge in [0.15, 0.2) is 0 Å². The van der Waals surface area contributed by atoms with Gasteiger partial charge in [0.05, 0.1) is 5.54 Å². The van der Waals surface area contributed by atoms with Gasteiger partial charge in [-0.1, -0.05) is 72.8 Å². The summed E-state index contributed by atoms with van der Waals surface area (Å²) >= 11 is 0. The molecule has 0 radical (unpaired) electrons. The highest BCUT2D eigenvalue weighted by atomic mass is 16.1. The fraction of sp³-hybridized carbons (Fsp3) is 0.138. The van der Waals surface area contributed by atoms with Crippen LogP contribution in [0, 0.1) is 6.92 Å². The first kappa shape index (κ1) is 18.9. The van der Waals surface area contributed by atoms with Gasteiger partial charge in [-0.15, -0.1) is 0 Å². The highest BCUT2D eigenvalue weighted by Gasteiger charge is 2.46. The third-order valence-electron chi connectivity index (χ3n) is 6.70. The van der Waals surface area contributed by atoms with E-state index in [9.17, 15) is 4.79 Å². The second-order valence-electron chi connectivity index (χ2n) is 8.87. The zero-order valence-corrected chi connectivity index (χ0v) is 18.0. The van der Waals surface area contributed by atoms with E-state index in [-0.39, 0.29) is 11.4 Å². The Kier molecular flexibility index (Phi) is 4.19. The van der Waals surface area contributed by atoms with E-state index in [1.54, 1.807) is 0 Å². The molecule has 0 unspecified atom stereocenters. The summed E-state index contributed by atoms with van der Waals surface area (Å²) in [4.78, 5) is 16.9. The minimum atomic E-state index is -0.274. The number of hydrogen-bond donors (Lipinski definition) is 2.